The number of nitrogens with two attached hydrogens (primary N) is 1. The first kappa shape index (κ1) is 22.1. The second-order valence-electron chi connectivity index (χ2n) is 7.52. The Morgan fingerprint density at radius 1 is 1.18 bits per heavy atom. The number of aromatic nitrogens is 2. The number of hydrogen-bond acceptors (Lipinski definition) is 7. The van der Waals surface area contributed by atoms with E-state index in [-0.39, 0.29) is 42.3 Å². The lowest BCUT2D eigenvalue weighted by atomic mass is 9.91. The number of hydrogen-bond donors (Lipinski definition) is 1. The first-order chi connectivity index (χ1) is 12.9. The fraction of sp³-hybridized carbons (Fsp3) is 0.579. The molecule has 0 aliphatic heterocycles. The normalized spacial score (nSPS) is 20.5. The van der Waals surface area contributed by atoms with Gasteiger partial charge in [-0.3, -0.25) is 9.59 Å². The molecule has 0 saturated heterocycles. The van der Waals surface area contributed by atoms with E-state index in [9.17, 15) is 9.59 Å². The summed E-state index contributed by atoms with van der Waals surface area (Å²) in [4.78, 5) is 26.6. The van der Waals surface area contributed by atoms with Gasteiger partial charge in [0.1, 0.15) is 23.2 Å². The van der Waals surface area contributed by atoms with E-state index in [1.165, 1.54) is 0 Å². The van der Waals surface area contributed by atoms with Crippen LogP contribution >= 0.6 is 12.4 Å². The molecule has 8 nitrogen and oxygen atoms in total. The maximum absolute atomic E-state index is 12.8. The van der Waals surface area contributed by atoms with Crippen LogP contribution in [0.2, 0.25) is 0 Å². The van der Waals surface area contributed by atoms with Gasteiger partial charge in [0.15, 0.2) is 0 Å². The van der Waals surface area contributed by atoms with Gasteiger partial charge < -0.3 is 15.4 Å². The zero-order chi connectivity index (χ0) is 19.6. The summed E-state index contributed by atoms with van der Waals surface area (Å²) in [7, 11) is 1.80. The molecular weight excluding hydrogens is 384 g/mol. The quantitative estimate of drug-likeness (QED) is 0.753. The Kier molecular flexibility index (Phi) is 7.37. The summed E-state index contributed by atoms with van der Waals surface area (Å²) in [6, 6.07) is 4.66. The van der Waals surface area contributed by atoms with Gasteiger partial charge in [0.2, 0.25) is 0 Å². The van der Waals surface area contributed by atoms with Crippen LogP contribution in [0.15, 0.2) is 22.8 Å². The van der Waals surface area contributed by atoms with Crippen LogP contribution in [0.1, 0.15) is 49.9 Å². The maximum atomic E-state index is 12.8. The molecule has 1 saturated carbocycles. The zero-order valence-electron chi connectivity index (χ0n) is 16.3. The SMILES string of the molecule is CC(C)C(N)C(=O)OC1CCC(N(C)C(=O)c2ccc3nonc3c2)CC1.Cl. The minimum Gasteiger partial charge on any atom is -0.461 e. The molecule has 1 amide bonds. The molecule has 1 unspecified atom stereocenters. The molecule has 28 heavy (non-hydrogen) atoms. The molecule has 0 bridgehead atoms. The molecule has 1 atom stereocenters. The second kappa shape index (κ2) is 9.34. The van der Waals surface area contributed by atoms with Crippen LogP contribution in [0.3, 0.4) is 0 Å². The molecule has 1 heterocycles. The van der Waals surface area contributed by atoms with Crippen LogP contribution in [0.4, 0.5) is 0 Å². The van der Waals surface area contributed by atoms with Gasteiger partial charge in [-0.05, 0) is 60.1 Å². The number of benzene rings is 1. The van der Waals surface area contributed by atoms with Crippen molar-refractivity contribution in [2.75, 3.05) is 7.05 Å². The van der Waals surface area contributed by atoms with Crippen LogP contribution in [-0.2, 0) is 9.53 Å². The largest absolute Gasteiger partial charge is 0.461 e. The van der Waals surface area contributed by atoms with E-state index in [0.717, 1.165) is 25.7 Å². The summed E-state index contributed by atoms with van der Waals surface area (Å²) in [5, 5.41) is 7.53. The molecule has 3 rings (SSSR count). The molecule has 0 radical (unpaired) electrons. The summed E-state index contributed by atoms with van der Waals surface area (Å²) < 4.78 is 10.2. The van der Waals surface area contributed by atoms with Crippen molar-refractivity contribution >= 4 is 35.3 Å². The highest BCUT2D eigenvalue weighted by Gasteiger charge is 2.30. The monoisotopic (exact) mass is 410 g/mol. The molecule has 1 fully saturated rings. The summed E-state index contributed by atoms with van der Waals surface area (Å²) in [5.41, 5.74) is 7.58. The maximum Gasteiger partial charge on any atom is 0.323 e. The van der Waals surface area contributed by atoms with E-state index >= 15 is 0 Å². The van der Waals surface area contributed by atoms with Crippen molar-refractivity contribution in [3.63, 3.8) is 0 Å². The predicted molar refractivity (Wildman–Crippen MR) is 106 cm³/mol. The lowest BCUT2D eigenvalue weighted by molar-refractivity contribution is -0.153. The van der Waals surface area contributed by atoms with Gasteiger partial charge in [0.25, 0.3) is 5.91 Å². The Balaban J connectivity index is 0.00000280. The number of rotatable bonds is 5. The first-order valence-electron chi connectivity index (χ1n) is 9.32. The highest BCUT2D eigenvalue weighted by atomic mass is 35.5. The predicted octanol–water partition coefficient (Wildman–Crippen LogP) is 2.55. The third-order valence-electron chi connectivity index (χ3n) is 5.29. The third-order valence-corrected chi connectivity index (χ3v) is 5.29. The Morgan fingerprint density at radius 2 is 1.82 bits per heavy atom. The number of carbonyl (C=O) groups excluding carboxylic acids is 2. The summed E-state index contributed by atoms with van der Waals surface area (Å²) in [6.07, 6.45) is 2.89. The first-order valence-corrected chi connectivity index (χ1v) is 9.32. The standard InChI is InChI=1S/C19H26N4O4.ClH/c1-11(2)17(20)19(25)26-14-7-5-13(6-8-14)23(3)18(24)12-4-9-15-16(10-12)22-27-21-15;/h4,9-11,13-14,17H,5-8,20H2,1-3H3;1H. The molecule has 1 aliphatic rings. The molecule has 9 heteroatoms. The van der Waals surface area contributed by atoms with E-state index in [0.29, 0.717) is 16.6 Å². The minimum atomic E-state index is -0.590. The average Bonchev–Trinajstić information content (AvgIpc) is 3.14. The fourth-order valence-electron chi connectivity index (χ4n) is 3.35. The van der Waals surface area contributed by atoms with Gasteiger partial charge in [0.05, 0.1) is 0 Å². The fourth-order valence-corrected chi connectivity index (χ4v) is 3.35. The number of esters is 1. The summed E-state index contributed by atoms with van der Waals surface area (Å²) in [6.45, 7) is 3.80. The summed E-state index contributed by atoms with van der Waals surface area (Å²) >= 11 is 0. The van der Waals surface area contributed by atoms with Crippen molar-refractivity contribution < 1.29 is 19.0 Å². The minimum absolute atomic E-state index is 0. The Morgan fingerprint density at radius 3 is 2.46 bits per heavy atom. The topological polar surface area (TPSA) is 112 Å². The van der Waals surface area contributed by atoms with E-state index in [1.807, 2.05) is 13.8 Å². The number of amides is 1. The second-order valence-corrected chi connectivity index (χ2v) is 7.52. The number of fused-ring (bicyclic) bond motifs is 1. The van der Waals surface area contributed by atoms with Crippen molar-refractivity contribution in [1.29, 1.82) is 0 Å². The lowest BCUT2D eigenvalue weighted by Crippen LogP contribution is -2.43. The van der Waals surface area contributed by atoms with Gasteiger partial charge in [-0.15, -0.1) is 12.4 Å². The van der Waals surface area contributed by atoms with Gasteiger partial charge in [0, 0.05) is 18.7 Å². The molecule has 1 aromatic heterocycles. The van der Waals surface area contributed by atoms with Crippen molar-refractivity contribution in [2.45, 2.75) is 57.7 Å². The lowest BCUT2D eigenvalue weighted by Gasteiger charge is -2.35. The zero-order valence-corrected chi connectivity index (χ0v) is 17.1. The van der Waals surface area contributed by atoms with E-state index in [2.05, 4.69) is 14.9 Å². The van der Waals surface area contributed by atoms with Crippen LogP contribution < -0.4 is 5.73 Å². The highest BCUT2D eigenvalue weighted by Crippen LogP contribution is 2.26. The average molecular weight is 411 g/mol. The molecule has 154 valence electrons. The van der Waals surface area contributed by atoms with Crippen LogP contribution in [0.25, 0.3) is 11.0 Å². The third kappa shape index (κ3) is 4.80. The number of halogens is 1. The van der Waals surface area contributed by atoms with E-state index in [1.54, 1.807) is 30.1 Å². The van der Waals surface area contributed by atoms with Crippen molar-refractivity contribution in [3.05, 3.63) is 23.8 Å². The molecule has 1 aliphatic carbocycles. The van der Waals surface area contributed by atoms with Crippen LogP contribution in [0, 0.1) is 5.92 Å². The molecular formula is C19H27ClN4O4. The summed E-state index contributed by atoms with van der Waals surface area (Å²) in [5.74, 6) is -0.357. The molecule has 2 aromatic rings. The smallest absolute Gasteiger partial charge is 0.323 e. The van der Waals surface area contributed by atoms with Gasteiger partial charge in [-0.1, -0.05) is 13.8 Å². The number of ether oxygens (including phenoxy) is 1. The van der Waals surface area contributed by atoms with Crippen molar-refractivity contribution in [2.24, 2.45) is 11.7 Å². The van der Waals surface area contributed by atoms with Gasteiger partial charge in [-0.25, -0.2) is 4.63 Å². The number of nitrogens with zero attached hydrogens (tertiary/aromatic N) is 3. The Labute approximate surface area is 170 Å². The highest BCUT2D eigenvalue weighted by molar-refractivity contribution is 5.97. The van der Waals surface area contributed by atoms with Crippen LogP contribution in [0.5, 0.6) is 0 Å². The van der Waals surface area contributed by atoms with Crippen LogP contribution in [-0.4, -0.2) is 52.3 Å². The van der Waals surface area contributed by atoms with Crippen molar-refractivity contribution in [3.8, 4) is 0 Å². The van der Waals surface area contributed by atoms with E-state index in [4.69, 9.17) is 10.5 Å². The van der Waals surface area contributed by atoms with Gasteiger partial charge >= 0.3 is 5.97 Å². The molecule has 2 N–H and O–H groups in total. The number of carbonyl (C=O) groups is 2. The molecule has 1 aromatic carbocycles. The van der Waals surface area contributed by atoms with Crippen molar-refractivity contribution in [1.82, 2.24) is 15.2 Å². The Hall–Kier alpha value is -2.19. The van der Waals surface area contributed by atoms with E-state index < -0.39 is 6.04 Å². The Bertz CT molecular complexity index is 817. The molecule has 0 spiro atoms. The van der Waals surface area contributed by atoms with Gasteiger partial charge in [-0.2, -0.15) is 0 Å².